The Hall–Kier alpha value is -3.18. The molecule has 4 aromatic carbocycles. The van der Waals surface area contributed by atoms with Crippen LogP contribution in [0, 0.1) is 71.0 Å². The molecule has 14 saturated carbocycles. The molecule has 53 unspecified atom stereocenters. The zero-order valence-corrected chi connectivity index (χ0v) is 74.0. The van der Waals surface area contributed by atoms with E-state index >= 15 is 0 Å². The summed E-state index contributed by atoms with van der Waals surface area (Å²) in [5.41, 5.74) is 8.78. The molecule has 0 aromatic heterocycles. The molecule has 12 heteroatoms. The van der Waals surface area contributed by atoms with Gasteiger partial charge in [0.15, 0.2) is 26.9 Å². The Bertz CT molecular complexity index is 4920. The lowest BCUT2D eigenvalue weighted by atomic mass is 9.10. The fraction of sp³-hybridized carbons (Fsp3) is 0.784. The maximum Gasteiger partial charge on any atom is 0.157 e. The van der Waals surface area contributed by atoms with Crippen molar-refractivity contribution in [2.75, 3.05) is 0 Å². The minimum atomic E-state index is 0.710. The van der Waals surface area contributed by atoms with Crippen molar-refractivity contribution in [3.63, 3.8) is 0 Å². The Morgan fingerprint density at radius 3 is 1.07 bits per heavy atom. The monoisotopic (exact) mass is 1630 g/mol. The molecule has 53 atom stereocenters. The van der Waals surface area contributed by atoms with Gasteiger partial charge < -0.3 is 0 Å². The van der Waals surface area contributed by atoms with Crippen molar-refractivity contribution in [2.24, 2.45) is 71.0 Å². The molecule has 36 rings (SSSR count). The Balaban J connectivity index is 0.489. The van der Waals surface area contributed by atoms with Gasteiger partial charge in [0.1, 0.15) is 0 Å². The van der Waals surface area contributed by atoms with E-state index in [1.807, 2.05) is 11.1 Å². The van der Waals surface area contributed by atoms with Gasteiger partial charge in [-0.05, 0) is 359 Å². The van der Waals surface area contributed by atoms with E-state index in [2.05, 4.69) is 154 Å². The standard InChI is InChI=1S/C111H140B4N8/c1-4-14-54(15-5-1)59-36-44-80-78(50-59)113-79-51-60(37-45-81(79)117-85-27-13-23-71-73-41-39-69-68-38-40-72-70-22-12-26-84-100(70)122-102(72)89(68)115-90(69)103(73)123(101(71)85)111-95(115)110(122)104(116(80)84)93(113)105(111)117)57-28-30-58(31-29-57)74-49-67-47-65-21-11-25-83-97(65)121-99(67)91-75(74)48-63-32-33-66-46-64-20-10-24-82-96(64)120-98(66)88(63)114(91)94-108(120)106-92-107(109(94)121)119(83)87-53-62(56-18-8-3-9-19-56)35-43-77(87)112(92)76-42-34-61(52-86(76)118(82)106)55-16-6-2-7-17-55/h1-9,14-19,28-31,59-111H,10-13,20-27,32-53H2. The third kappa shape index (κ3) is 8.16. The van der Waals surface area contributed by atoms with E-state index in [0.29, 0.717) is 5.92 Å². The van der Waals surface area contributed by atoms with E-state index in [0.717, 1.165) is 336 Å². The van der Waals surface area contributed by atoms with Crippen molar-refractivity contribution in [1.29, 1.82) is 0 Å². The van der Waals surface area contributed by atoms with E-state index in [9.17, 15) is 0 Å². The van der Waals surface area contributed by atoms with E-state index in [4.69, 9.17) is 0 Å². The molecular weight excluding hydrogens is 1490 g/mol. The molecule has 0 spiro atoms. The number of piperazine rings is 4. The molecule has 4 aromatic rings. The van der Waals surface area contributed by atoms with Crippen LogP contribution < -0.4 is 0 Å². The summed E-state index contributed by atoms with van der Waals surface area (Å²) in [4.78, 5) is 30.0. The van der Waals surface area contributed by atoms with Crippen LogP contribution in [0.5, 0.6) is 0 Å². The Kier molecular flexibility index (Phi) is 14.0. The lowest BCUT2D eigenvalue weighted by molar-refractivity contribution is -0.254. The summed E-state index contributed by atoms with van der Waals surface area (Å²) in [6, 6.07) is 68.8. The van der Waals surface area contributed by atoms with Crippen molar-refractivity contribution in [3.05, 3.63) is 143 Å². The second kappa shape index (κ2) is 24.4. The fourth-order valence-corrected chi connectivity index (χ4v) is 51.3. The summed E-state index contributed by atoms with van der Waals surface area (Å²) in [6.45, 7) is 3.76. The van der Waals surface area contributed by atoms with Crippen molar-refractivity contribution >= 4 is 26.9 Å². The molecule has 8 nitrogen and oxygen atoms in total. The number of piperidine rings is 2. The summed E-state index contributed by atoms with van der Waals surface area (Å²) in [5.74, 6) is 26.0. The van der Waals surface area contributed by atoms with Gasteiger partial charge in [0, 0.05) is 145 Å². The first-order valence-electron chi connectivity index (χ1n) is 55.5. The number of hydrogen-bond acceptors (Lipinski definition) is 8. The molecule has 32 fully saturated rings. The predicted octanol–water partition coefficient (Wildman–Crippen LogP) is 20.0. The van der Waals surface area contributed by atoms with Crippen LogP contribution in [0.3, 0.4) is 0 Å². The van der Waals surface area contributed by atoms with Gasteiger partial charge in [-0.25, -0.2) is 0 Å². The van der Waals surface area contributed by atoms with E-state index in [-0.39, 0.29) is 0 Å². The zero-order valence-electron chi connectivity index (χ0n) is 74.0. The highest BCUT2D eigenvalue weighted by molar-refractivity contribution is 6.69. The lowest BCUT2D eigenvalue weighted by Crippen LogP contribution is -2.94. The first-order chi connectivity index (χ1) is 61.1. The summed E-state index contributed by atoms with van der Waals surface area (Å²) in [6.07, 6.45) is 52.0. The molecule has 32 aliphatic rings. The molecule has 0 bridgehead atoms. The predicted molar refractivity (Wildman–Crippen MR) is 492 cm³/mol. The third-order valence-corrected chi connectivity index (χ3v) is 51.9. The van der Waals surface area contributed by atoms with E-state index in [1.165, 1.54) is 141 Å². The topological polar surface area (TPSA) is 25.9 Å². The van der Waals surface area contributed by atoms with Gasteiger partial charge in [0.2, 0.25) is 0 Å². The van der Waals surface area contributed by atoms with Gasteiger partial charge in [0.05, 0.1) is 0 Å². The first kappa shape index (κ1) is 70.6. The van der Waals surface area contributed by atoms with Gasteiger partial charge in [-0.1, -0.05) is 173 Å². The SMILES string of the molecule is c1ccc(C2CCC3C(C2)B2C4CC(c5ccc(C6CC7CC8CCCC9C8N8C7C7B%10C%11C(CCC%12CC%13CCCC%14C%13N(C%12%11)C%11C%10C8C8C%10B(C%12CCC(c%13ccccc%13)CC%12N%14C%10%11)C%10CCC(c%11ccccc%11)CC%10N98)CC67)cc5)CCC4N4C5CCCC6C7CCC8C9CCC%10C%11CCCC%12C%11N%11C%10C9B9C8C7N(C65)C5C9C%11C(C2C54)N3%12)cc1. The average Bonchev–Trinajstić information content (AvgIpc) is 1.61. The average molecular weight is 1630 g/mol. The number of fused-ring (bicyclic) bond motifs is 19. The Morgan fingerprint density at radius 2 is 0.545 bits per heavy atom. The lowest BCUT2D eigenvalue weighted by Gasteiger charge is -2.86. The van der Waals surface area contributed by atoms with Gasteiger partial charge in [-0.3, -0.25) is 39.2 Å². The quantitative estimate of drug-likeness (QED) is 0.182. The summed E-state index contributed by atoms with van der Waals surface area (Å²) in [7, 11) is 0. The fourth-order valence-electron chi connectivity index (χ4n) is 51.3. The normalized spacial score (nSPS) is 59.8. The first-order valence-corrected chi connectivity index (χ1v) is 55.5. The maximum absolute atomic E-state index is 3.81. The highest BCUT2D eigenvalue weighted by Crippen LogP contribution is 2.84. The molecule has 14 aliphatic carbocycles. The minimum absolute atomic E-state index is 0.710. The molecule has 636 valence electrons. The number of benzene rings is 4. The number of nitrogens with zero attached hydrogens (tertiary/aromatic N) is 8. The molecule has 0 N–H and O–H groups in total. The highest BCUT2D eigenvalue weighted by Gasteiger charge is 2.88. The summed E-state index contributed by atoms with van der Waals surface area (Å²) >= 11 is 0. The van der Waals surface area contributed by atoms with Crippen LogP contribution in [-0.4, -0.2) is 211 Å². The Morgan fingerprint density at radius 1 is 0.179 bits per heavy atom. The van der Waals surface area contributed by atoms with Crippen LogP contribution in [0.25, 0.3) is 0 Å². The largest absolute Gasteiger partial charge is 0.292 e. The van der Waals surface area contributed by atoms with Crippen LogP contribution in [0.4, 0.5) is 0 Å². The minimum Gasteiger partial charge on any atom is -0.292 e. The number of hydrogen-bond donors (Lipinski definition) is 0. The molecular formula is C111H140B4N8. The van der Waals surface area contributed by atoms with Crippen molar-refractivity contribution in [1.82, 2.24) is 39.2 Å². The zero-order chi connectivity index (χ0) is 77.9. The second-order valence-electron chi connectivity index (χ2n) is 52.9. The van der Waals surface area contributed by atoms with Gasteiger partial charge in [0.25, 0.3) is 0 Å². The number of rotatable bonds is 5. The molecule has 0 radical (unpaired) electrons. The van der Waals surface area contributed by atoms with Crippen molar-refractivity contribution in [2.45, 2.75) is 463 Å². The van der Waals surface area contributed by atoms with Crippen LogP contribution in [0.1, 0.15) is 276 Å². The third-order valence-electron chi connectivity index (χ3n) is 51.9. The maximum atomic E-state index is 3.81. The second-order valence-corrected chi connectivity index (χ2v) is 52.9. The summed E-state index contributed by atoms with van der Waals surface area (Å²) in [5, 5.41) is 0. The molecule has 18 heterocycles. The molecule has 18 saturated heterocycles. The van der Waals surface area contributed by atoms with E-state index < -0.39 is 0 Å². The van der Waals surface area contributed by atoms with Crippen LogP contribution in [-0.2, 0) is 0 Å². The van der Waals surface area contributed by atoms with Gasteiger partial charge >= 0.3 is 0 Å². The van der Waals surface area contributed by atoms with Crippen LogP contribution in [0.2, 0.25) is 69.8 Å². The Labute approximate surface area is 738 Å². The highest BCUT2D eigenvalue weighted by atomic mass is 15.5. The molecule has 18 aliphatic heterocycles. The van der Waals surface area contributed by atoms with Crippen molar-refractivity contribution in [3.8, 4) is 0 Å². The smallest absolute Gasteiger partial charge is 0.157 e. The van der Waals surface area contributed by atoms with Crippen LogP contribution >= 0.6 is 0 Å². The van der Waals surface area contributed by atoms with Gasteiger partial charge in [-0.15, -0.1) is 0 Å². The summed E-state index contributed by atoms with van der Waals surface area (Å²) < 4.78 is 0. The molecule has 0 amide bonds. The van der Waals surface area contributed by atoms with Crippen molar-refractivity contribution < 1.29 is 0 Å². The van der Waals surface area contributed by atoms with E-state index in [1.54, 1.807) is 93.7 Å². The van der Waals surface area contributed by atoms with Crippen LogP contribution in [0.15, 0.2) is 115 Å². The van der Waals surface area contributed by atoms with Gasteiger partial charge in [-0.2, -0.15) is 0 Å². The molecule has 123 heavy (non-hydrogen) atoms.